The van der Waals surface area contributed by atoms with Crippen molar-refractivity contribution in [1.29, 1.82) is 0 Å². The smallest absolute Gasteiger partial charge is 0.245 e. The summed E-state index contributed by atoms with van der Waals surface area (Å²) in [6.07, 6.45) is 3.61. The second-order valence-corrected chi connectivity index (χ2v) is 6.64. The molecule has 1 aliphatic carbocycles. The van der Waals surface area contributed by atoms with E-state index in [0.29, 0.717) is 0 Å². The lowest BCUT2D eigenvalue weighted by molar-refractivity contribution is -0.135. The van der Waals surface area contributed by atoms with Crippen molar-refractivity contribution < 1.29 is 4.79 Å². The zero-order valence-corrected chi connectivity index (χ0v) is 13.9. The predicted molar refractivity (Wildman–Crippen MR) is 88.7 cm³/mol. The second-order valence-electron chi connectivity index (χ2n) is 6.64. The van der Waals surface area contributed by atoms with Crippen LogP contribution in [-0.4, -0.2) is 28.9 Å². The van der Waals surface area contributed by atoms with Crippen LogP contribution < -0.4 is 5.32 Å². The summed E-state index contributed by atoms with van der Waals surface area (Å²) >= 11 is 0. The lowest BCUT2D eigenvalue weighted by Gasteiger charge is -2.33. The van der Waals surface area contributed by atoms with Crippen molar-refractivity contribution in [3.8, 4) is 0 Å². The summed E-state index contributed by atoms with van der Waals surface area (Å²) in [5.74, 6) is 0.167. The van der Waals surface area contributed by atoms with Crippen molar-refractivity contribution in [1.82, 2.24) is 4.90 Å². The van der Waals surface area contributed by atoms with Gasteiger partial charge in [-0.2, -0.15) is 0 Å². The fraction of sp³-hybridized carbons (Fsp3) is 0.611. The number of fused-ring (bicyclic) bond motifs is 1. The van der Waals surface area contributed by atoms with Gasteiger partial charge in [-0.3, -0.25) is 4.79 Å². The fourth-order valence-electron chi connectivity index (χ4n) is 3.30. The number of amides is 1. The first kappa shape index (κ1) is 15.9. The Morgan fingerprint density at radius 1 is 1.05 bits per heavy atom. The number of nitrogens with one attached hydrogen (secondary N) is 1. The molecule has 0 spiro atoms. The van der Waals surface area contributed by atoms with Crippen LogP contribution in [0.4, 0.5) is 5.69 Å². The highest BCUT2D eigenvalue weighted by molar-refractivity contribution is 5.84. The lowest BCUT2D eigenvalue weighted by atomic mass is 10.1. The highest BCUT2D eigenvalue weighted by Gasteiger charge is 2.25. The summed E-state index contributed by atoms with van der Waals surface area (Å²) in [5, 5.41) is 3.37. The second kappa shape index (κ2) is 6.50. The Balaban J connectivity index is 2.06. The third-order valence-corrected chi connectivity index (χ3v) is 4.22. The zero-order valence-electron chi connectivity index (χ0n) is 13.9. The molecule has 0 radical (unpaired) electrons. The van der Waals surface area contributed by atoms with Gasteiger partial charge in [0.2, 0.25) is 5.91 Å². The van der Waals surface area contributed by atoms with Gasteiger partial charge in [-0.25, -0.2) is 0 Å². The molecule has 0 aromatic heterocycles. The van der Waals surface area contributed by atoms with Crippen LogP contribution in [-0.2, 0) is 17.6 Å². The van der Waals surface area contributed by atoms with Crippen LogP contribution >= 0.6 is 0 Å². The molecule has 0 bridgehead atoms. The summed E-state index contributed by atoms with van der Waals surface area (Å²) in [6, 6.07) is 6.76. The van der Waals surface area contributed by atoms with Gasteiger partial charge in [-0.15, -0.1) is 0 Å². The minimum absolute atomic E-state index is 0.167. The summed E-state index contributed by atoms with van der Waals surface area (Å²) in [6.45, 7) is 10.2. The Labute approximate surface area is 128 Å². The molecular weight excluding hydrogens is 260 g/mol. The third kappa shape index (κ3) is 3.58. The zero-order chi connectivity index (χ0) is 15.6. The van der Waals surface area contributed by atoms with Gasteiger partial charge >= 0.3 is 0 Å². The predicted octanol–water partition coefficient (Wildman–Crippen LogP) is 3.62. The van der Waals surface area contributed by atoms with Gasteiger partial charge in [-0.05, 0) is 77.1 Å². The van der Waals surface area contributed by atoms with Crippen LogP contribution in [0.1, 0.15) is 52.2 Å². The number of carbonyl (C=O) groups excluding carboxylic acids is 1. The first-order chi connectivity index (χ1) is 9.90. The summed E-state index contributed by atoms with van der Waals surface area (Å²) in [7, 11) is 0. The molecule has 0 heterocycles. The number of rotatable bonds is 5. The quantitative estimate of drug-likeness (QED) is 0.897. The van der Waals surface area contributed by atoms with Gasteiger partial charge < -0.3 is 10.2 Å². The molecule has 1 aromatic rings. The standard InChI is InChI=1S/C18H28N2O/c1-12(2)20(13(3)4)18(21)14(5)19-17-10-9-15-7-6-8-16(15)11-17/h9-14,19H,6-8H2,1-5H3/t14-/m0/s1. The van der Waals surface area contributed by atoms with Crippen LogP contribution in [0.15, 0.2) is 18.2 Å². The number of nitrogens with zero attached hydrogens (tertiary/aromatic N) is 1. The molecular formula is C18H28N2O. The van der Waals surface area contributed by atoms with Crippen molar-refractivity contribution >= 4 is 11.6 Å². The largest absolute Gasteiger partial charge is 0.374 e. The Morgan fingerprint density at radius 2 is 1.67 bits per heavy atom. The van der Waals surface area contributed by atoms with E-state index in [9.17, 15) is 4.79 Å². The van der Waals surface area contributed by atoms with E-state index in [1.165, 1.54) is 24.0 Å². The molecule has 0 fully saturated rings. The number of hydrogen-bond acceptors (Lipinski definition) is 2. The lowest BCUT2D eigenvalue weighted by Crippen LogP contribution is -2.48. The monoisotopic (exact) mass is 288 g/mol. The molecule has 116 valence electrons. The van der Waals surface area contributed by atoms with Crippen molar-refractivity contribution in [3.05, 3.63) is 29.3 Å². The Hall–Kier alpha value is -1.51. The topological polar surface area (TPSA) is 32.3 Å². The van der Waals surface area contributed by atoms with Gasteiger partial charge in [0.1, 0.15) is 6.04 Å². The van der Waals surface area contributed by atoms with E-state index in [0.717, 1.165) is 12.1 Å². The van der Waals surface area contributed by atoms with Crippen LogP contribution in [0, 0.1) is 0 Å². The van der Waals surface area contributed by atoms with Crippen LogP contribution in [0.25, 0.3) is 0 Å². The first-order valence-corrected chi connectivity index (χ1v) is 8.10. The molecule has 3 heteroatoms. The number of carbonyl (C=O) groups is 1. The maximum absolute atomic E-state index is 12.6. The van der Waals surface area contributed by atoms with Gasteiger partial charge in [0.05, 0.1) is 0 Å². The average molecular weight is 288 g/mol. The van der Waals surface area contributed by atoms with Crippen molar-refractivity contribution in [2.45, 2.75) is 72.0 Å². The molecule has 1 amide bonds. The SMILES string of the molecule is CC(C)N(C(=O)[C@H](C)Nc1ccc2c(c1)CCC2)C(C)C. The molecule has 1 atom stereocenters. The molecule has 1 aromatic carbocycles. The molecule has 0 saturated carbocycles. The Kier molecular flexibility index (Phi) is 4.92. The normalized spacial score (nSPS) is 15.2. The summed E-state index contributed by atoms with van der Waals surface area (Å²) in [4.78, 5) is 14.6. The number of aryl methyl sites for hydroxylation is 2. The minimum Gasteiger partial charge on any atom is -0.374 e. The van der Waals surface area contributed by atoms with Crippen LogP contribution in [0.2, 0.25) is 0 Å². The number of benzene rings is 1. The van der Waals surface area contributed by atoms with Crippen molar-refractivity contribution in [2.24, 2.45) is 0 Å². The molecule has 21 heavy (non-hydrogen) atoms. The number of hydrogen-bond donors (Lipinski definition) is 1. The van der Waals surface area contributed by atoms with Gasteiger partial charge in [0.15, 0.2) is 0 Å². The van der Waals surface area contributed by atoms with E-state index in [4.69, 9.17) is 0 Å². The summed E-state index contributed by atoms with van der Waals surface area (Å²) in [5.41, 5.74) is 3.96. The number of anilines is 1. The van der Waals surface area contributed by atoms with Gasteiger partial charge in [0.25, 0.3) is 0 Å². The molecule has 0 saturated heterocycles. The molecule has 3 nitrogen and oxygen atoms in total. The third-order valence-electron chi connectivity index (χ3n) is 4.22. The van der Waals surface area contributed by atoms with Crippen molar-refractivity contribution in [2.75, 3.05) is 5.32 Å². The molecule has 2 rings (SSSR count). The van der Waals surface area contributed by atoms with E-state index in [1.807, 2.05) is 11.8 Å². The average Bonchev–Trinajstić information content (AvgIpc) is 2.85. The molecule has 0 unspecified atom stereocenters. The highest BCUT2D eigenvalue weighted by atomic mass is 16.2. The van der Waals surface area contributed by atoms with Crippen LogP contribution in [0.5, 0.6) is 0 Å². The van der Waals surface area contributed by atoms with E-state index in [-0.39, 0.29) is 24.0 Å². The Morgan fingerprint density at radius 3 is 2.29 bits per heavy atom. The maximum Gasteiger partial charge on any atom is 0.245 e. The molecule has 0 aliphatic heterocycles. The van der Waals surface area contributed by atoms with E-state index >= 15 is 0 Å². The molecule has 1 N–H and O–H groups in total. The molecule has 1 aliphatic rings. The van der Waals surface area contributed by atoms with Crippen LogP contribution in [0.3, 0.4) is 0 Å². The maximum atomic E-state index is 12.6. The highest BCUT2D eigenvalue weighted by Crippen LogP contribution is 2.25. The summed E-state index contributed by atoms with van der Waals surface area (Å²) < 4.78 is 0. The Bertz CT molecular complexity index is 500. The van der Waals surface area contributed by atoms with E-state index in [1.54, 1.807) is 0 Å². The first-order valence-electron chi connectivity index (χ1n) is 8.10. The minimum atomic E-state index is -0.200. The van der Waals surface area contributed by atoms with Crippen molar-refractivity contribution in [3.63, 3.8) is 0 Å². The fourth-order valence-corrected chi connectivity index (χ4v) is 3.30. The van der Waals surface area contributed by atoms with E-state index < -0.39 is 0 Å². The van der Waals surface area contributed by atoms with Gasteiger partial charge in [0, 0.05) is 17.8 Å². The van der Waals surface area contributed by atoms with E-state index in [2.05, 4.69) is 51.2 Å². The van der Waals surface area contributed by atoms with Gasteiger partial charge in [-0.1, -0.05) is 6.07 Å².